The van der Waals surface area contributed by atoms with Gasteiger partial charge in [0.2, 0.25) is 0 Å². The summed E-state index contributed by atoms with van der Waals surface area (Å²) in [6.07, 6.45) is 8.66. The summed E-state index contributed by atoms with van der Waals surface area (Å²) < 4.78 is 0. The number of anilines is 2. The van der Waals surface area contributed by atoms with Gasteiger partial charge in [-0.1, -0.05) is 19.8 Å². The summed E-state index contributed by atoms with van der Waals surface area (Å²) in [5, 5.41) is 5.39. The number of hydrogen-bond donors (Lipinski definition) is 6. The Morgan fingerprint density at radius 3 is 1.86 bits per heavy atom. The molecule has 2 aromatic heterocycles. The molecule has 2 heterocycles. The lowest BCUT2D eigenvalue weighted by Crippen LogP contribution is -2.54. The summed E-state index contributed by atoms with van der Waals surface area (Å²) >= 11 is 0. The van der Waals surface area contributed by atoms with Crippen molar-refractivity contribution in [3.63, 3.8) is 0 Å². The quantitative estimate of drug-likeness (QED) is 0.201. The van der Waals surface area contributed by atoms with Gasteiger partial charge in [0, 0.05) is 24.5 Å². The maximum absolute atomic E-state index is 12.1. The first-order chi connectivity index (χ1) is 13.7. The number of unbranched alkanes of at least 4 members (excludes halogenated alkanes) is 2. The molecule has 0 saturated heterocycles. The van der Waals surface area contributed by atoms with Gasteiger partial charge in [-0.15, -0.1) is 0 Å². The molecule has 12 heteroatoms. The van der Waals surface area contributed by atoms with Crippen LogP contribution in [0, 0.1) is 0 Å². The van der Waals surface area contributed by atoms with Crippen LogP contribution in [0.15, 0.2) is 37.2 Å². The van der Waals surface area contributed by atoms with Gasteiger partial charge >= 0.3 is 12.1 Å². The number of aromatic nitrogens is 4. The zero-order chi connectivity index (χ0) is 20.0. The summed E-state index contributed by atoms with van der Waals surface area (Å²) in [4.78, 5) is 39.6. The van der Waals surface area contributed by atoms with Gasteiger partial charge in [-0.05, 0) is 12.8 Å². The van der Waals surface area contributed by atoms with Gasteiger partial charge in [-0.25, -0.2) is 29.5 Å². The molecule has 0 aromatic carbocycles. The van der Waals surface area contributed by atoms with Crippen molar-refractivity contribution in [1.82, 2.24) is 41.4 Å². The molecular formula is C16H24N10O2. The van der Waals surface area contributed by atoms with Crippen LogP contribution in [0.5, 0.6) is 0 Å². The van der Waals surface area contributed by atoms with Crippen LogP contribution < -0.4 is 32.3 Å². The average molecular weight is 388 g/mol. The molecule has 12 nitrogen and oxygen atoms in total. The number of rotatable bonds is 10. The molecule has 4 amide bonds. The molecule has 0 saturated carbocycles. The third kappa shape index (κ3) is 8.12. The third-order valence-corrected chi connectivity index (χ3v) is 3.48. The van der Waals surface area contributed by atoms with Crippen molar-refractivity contribution in [1.29, 1.82) is 0 Å². The van der Waals surface area contributed by atoms with Gasteiger partial charge in [0.25, 0.3) is 0 Å². The van der Waals surface area contributed by atoms with Gasteiger partial charge in [0.15, 0.2) is 0 Å². The van der Waals surface area contributed by atoms with E-state index in [0.29, 0.717) is 18.1 Å². The highest BCUT2D eigenvalue weighted by Gasteiger charge is 2.14. The van der Waals surface area contributed by atoms with Crippen molar-refractivity contribution in [2.24, 2.45) is 0 Å². The fourth-order valence-corrected chi connectivity index (χ4v) is 2.14. The van der Waals surface area contributed by atoms with Gasteiger partial charge in [0.05, 0.1) is 0 Å². The van der Waals surface area contributed by atoms with E-state index in [1.807, 2.05) is 0 Å². The number of hydrazine groups is 2. The van der Waals surface area contributed by atoms with E-state index in [4.69, 9.17) is 0 Å². The normalized spacial score (nSPS) is 10.1. The second kappa shape index (κ2) is 11.8. The Hall–Kier alpha value is -3.70. The van der Waals surface area contributed by atoms with Crippen LogP contribution in [0.1, 0.15) is 32.6 Å². The molecule has 0 spiro atoms. The number of amides is 4. The van der Waals surface area contributed by atoms with E-state index in [9.17, 15) is 9.59 Å². The lowest BCUT2D eigenvalue weighted by atomic mass is 10.2. The molecule has 0 bridgehead atoms. The van der Waals surface area contributed by atoms with Crippen LogP contribution in [0.2, 0.25) is 0 Å². The van der Waals surface area contributed by atoms with E-state index in [-0.39, 0.29) is 0 Å². The minimum absolute atomic E-state index is 0.437. The Balaban J connectivity index is 1.80. The number of carbonyl (C=O) groups is 2. The molecule has 2 rings (SSSR count). The fraction of sp³-hybridized carbons (Fsp3) is 0.375. The summed E-state index contributed by atoms with van der Waals surface area (Å²) in [5.41, 5.74) is 10.2. The predicted octanol–water partition coefficient (Wildman–Crippen LogP) is 1.13. The first kappa shape index (κ1) is 20.6. The second-order valence-electron chi connectivity index (χ2n) is 5.68. The van der Waals surface area contributed by atoms with Gasteiger partial charge in [-0.2, -0.15) is 0 Å². The highest BCUT2D eigenvalue weighted by Crippen LogP contribution is 2.02. The Morgan fingerprint density at radius 2 is 1.43 bits per heavy atom. The van der Waals surface area contributed by atoms with Crippen molar-refractivity contribution in [3.8, 4) is 0 Å². The number of urea groups is 2. The average Bonchev–Trinajstić information content (AvgIpc) is 2.72. The van der Waals surface area contributed by atoms with Crippen molar-refractivity contribution < 1.29 is 9.59 Å². The van der Waals surface area contributed by atoms with E-state index in [0.717, 1.165) is 19.3 Å². The molecule has 0 radical (unpaired) electrons. The molecule has 0 aliphatic heterocycles. The Labute approximate surface area is 162 Å². The van der Waals surface area contributed by atoms with Crippen LogP contribution in [-0.2, 0) is 0 Å². The molecule has 28 heavy (non-hydrogen) atoms. The maximum Gasteiger partial charge on any atom is 0.335 e. The largest absolute Gasteiger partial charge is 0.335 e. The van der Waals surface area contributed by atoms with Crippen molar-refractivity contribution in [2.75, 3.05) is 10.9 Å². The van der Waals surface area contributed by atoms with Crippen LogP contribution in [0.4, 0.5) is 21.2 Å². The minimum atomic E-state index is -0.564. The zero-order valence-corrected chi connectivity index (χ0v) is 15.5. The number of nitrogens with zero attached hydrogens (tertiary/aromatic N) is 4. The van der Waals surface area contributed by atoms with Crippen molar-refractivity contribution in [3.05, 3.63) is 37.2 Å². The first-order valence-electron chi connectivity index (χ1n) is 8.84. The van der Waals surface area contributed by atoms with E-state index in [1.54, 1.807) is 24.5 Å². The van der Waals surface area contributed by atoms with Gasteiger partial charge < -0.3 is 10.6 Å². The Morgan fingerprint density at radius 1 is 0.893 bits per heavy atom. The molecule has 0 aliphatic rings. The van der Waals surface area contributed by atoms with E-state index < -0.39 is 18.2 Å². The molecule has 0 fully saturated rings. The standard InChI is InChI=1S/C16H24N10O2/c1-2-3-4-5-14(21-15(27)25-23-12-6-8-17-10-19-12)22-16(28)26-24-13-7-9-18-11-20-13/h6-11,14H,2-5H2,1H3,(H,17,19,23)(H,18,20,24)(H2,21,25,27)(H2,22,26,28). The predicted molar refractivity (Wildman–Crippen MR) is 103 cm³/mol. The molecular weight excluding hydrogens is 364 g/mol. The minimum Gasteiger partial charge on any atom is -0.316 e. The van der Waals surface area contributed by atoms with E-state index in [2.05, 4.69) is 59.2 Å². The van der Waals surface area contributed by atoms with Gasteiger partial charge in [0.1, 0.15) is 30.5 Å². The van der Waals surface area contributed by atoms with E-state index >= 15 is 0 Å². The highest BCUT2D eigenvalue weighted by molar-refractivity contribution is 5.78. The van der Waals surface area contributed by atoms with Crippen molar-refractivity contribution >= 4 is 23.7 Å². The van der Waals surface area contributed by atoms with Crippen LogP contribution in [0.3, 0.4) is 0 Å². The molecule has 2 aromatic rings. The number of hydrogen-bond acceptors (Lipinski definition) is 8. The van der Waals surface area contributed by atoms with Crippen LogP contribution in [0.25, 0.3) is 0 Å². The molecule has 150 valence electrons. The van der Waals surface area contributed by atoms with Gasteiger partial charge in [-0.3, -0.25) is 21.7 Å². The molecule has 0 aliphatic carbocycles. The summed E-state index contributed by atoms with van der Waals surface area (Å²) in [7, 11) is 0. The summed E-state index contributed by atoms with van der Waals surface area (Å²) in [6.45, 7) is 2.08. The lowest BCUT2D eigenvalue weighted by Gasteiger charge is -2.21. The number of carbonyl (C=O) groups excluding carboxylic acids is 2. The highest BCUT2D eigenvalue weighted by atomic mass is 16.2. The summed E-state index contributed by atoms with van der Waals surface area (Å²) in [6, 6.07) is 2.18. The first-order valence-corrected chi connectivity index (χ1v) is 8.84. The number of nitrogens with one attached hydrogen (secondary N) is 6. The molecule has 0 unspecified atom stereocenters. The summed E-state index contributed by atoms with van der Waals surface area (Å²) in [5.74, 6) is 0.875. The van der Waals surface area contributed by atoms with Crippen LogP contribution >= 0.6 is 0 Å². The monoisotopic (exact) mass is 388 g/mol. The smallest absolute Gasteiger partial charge is 0.316 e. The topological polar surface area (TPSA) is 158 Å². The SMILES string of the molecule is CCCCCC(NC(=O)NNc1ccncn1)NC(=O)NNc1ccncn1. The Kier molecular flexibility index (Phi) is 8.71. The van der Waals surface area contributed by atoms with E-state index in [1.165, 1.54) is 12.7 Å². The third-order valence-electron chi connectivity index (χ3n) is 3.48. The maximum atomic E-state index is 12.1. The zero-order valence-electron chi connectivity index (χ0n) is 15.5. The van der Waals surface area contributed by atoms with Crippen LogP contribution in [-0.4, -0.2) is 38.2 Å². The van der Waals surface area contributed by atoms with Crippen molar-refractivity contribution in [2.45, 2.75) is 38.8 Å². The second-order valence-corrected chi connectivity index (χ2v) is 5.68. The Bertz CT molecular complexity index is 658. The molecule has 0 atom stereocenters. The lowest BCUT2D eigenvalue weighted by molar-refractivity contribution is 0.226. The fourth-order valence-electron chi connectivity index (χ4n) is 2.14. The molecule has 6 N–H and O–H groups in total.